The van der Waals surface area contributed by atoms with E-state index in [0.29, 0.717) is 0 Å². The summed E-state index contributed by atoms with van der Waals surface area (Å²) in [6.07, 6.45) is 6.26. The highest BCUT2D eigenvalue weighted by molar-refractivity contribution is 5.81. The van der Waals surface area contributed by atoms with E-state index < -0.39 is 12.0 Å². The van der Waals surface area contributed by atoms with E-state index in [0.717, 1.165) is 24.2 Å². The predicted octanol–water partition coefficient (Wildman–Crippen LogP) is 2.68. The lowest BCUT2D eigenvalue weighted by Gasteiger charge is -2.39. The first-order chi connectivity index (χ1) is 9.58. The molecule has 1 heterocycles. The van der Waals surface area contributed by atoms with Gasteiger partial charge in [-0.2, -0.15) is 0 Å². The van der Waals surface area contributed by atoms with E-state index >= 15 is 0 Å². The second-order valence-electron chi connectivity index (χ2n) is 5.82. The van der Waals surface area contributed by atoms with E-state index in [1.165, 1.54) is 5.56 Å². The molecule has 0 bridgehead atoms. The van der Waals surface area contributed by atoms with Crippen molar-refractivity contribution in [2.45, 2.75) is 24.8 Å². The molecule has 3 atom stereocenters. The van der Waals surface area contributed by atoms with Crippen LogP contribution in [0.15, 0.2) is 30.4 Å². The second kappa shape index (κ2) is 4.85. The number of carboxylic acids is 1. The van der Waals surface area contributed by atoms with Crippen molar-refractivity contribution >= 4 is 17.3 Å². The summed E-state index contributed by atoms with van der Waals surface area (Å²) in [5.74, 6) is -0.402. The van der Waals surface area contributed by atoms with Gasteiger partial charge in [-0.1, -0.05) is 12.2 Å². The van der Waals surface area contributed by atoms with E-state index in [1.54, 1.807) is 0 Å². The Morgan fingerprint density at radius 1 is 1.40 bits per heavy atom. The van der Waals surface area contributed by atoms with Crippen molar-refractivity contribution < 1.29 is 9.90 Å². The van der Waals surface area contributed by atoms with Gasteiger partial charge in [-0.05, 0) is 36.6 Å². The number of allylic oxidation sites excluding steroid dienone is 2. The quantitative estimate of drug-likeness (QED) is 0.813. The molecule has 106 valence electrons. The van der Waals surface area contributed by atoms with Gasteiger partial charge in [-0.3, -0.25) is 0 Å². The molecule has 0 spiro atoms. The van der Waals surface area contributed by atoms with Crippen LogP contribution in [-0.4, -0.2) is 31.2 Å². The summed E-state index contributed by atoms with van der Waals surface area (Å²) in [5.41, 5.74) is 3.32. The van der Waals surface area contributed by atoms with Crippen LogP contribution in [0.2, 0.25) is 0 Å². The van der Waals surface area contributed by atoms with Crippen LogP contribution >= 0.6 is 0 Å². The molecular weight excluding hydrogens is 252 g/mol. The summed E-state index contributed by atoms with van der Waals surface area (Å²) in [4.78, 5) is 13.6. The largest absolute Gasteiger partial charge is 0.480 e. The van der Waals surface area contributed by atoms with Gasteiger partial charge < -0.3 is 15.3 Å². The minimum atomic E-state index is -0.752. The zero-order valence-corrected chi connectivity index (χ0v) is 11.8. The molecule has 20 heavy (non-hydrogen) atoms. The van der Waals surface area contributed by atoms with Gasteiger partial charge in [0.05, 0.1) is 0 Å². The first-order valence-electron chi connectivity index (χ1n) is 7.05. The van der Waals surface area contributed by atoms with Gasteiger partial charge in [0.2, 0.25) is 0 Å². The Morgan fingerprint density at radius 3 is 2.90 bits per heavy atom. The number of fused-ring (bicyclic) bond motifs is 3. The standard InChI is InChI=1S/C16H20N2O2/c1-18(2)10-7-8-14-13(9-10)11-5-3-4-6-12(11)15(17-14)16(19)20/h3,5,7-9,11-12,15,17H,4,6H2,1-2H3,(H,19,20). The van der Waals surface area contributed by atoms with Crippen LogP contribution in [0.25, 0.3) is 0 Å². The van der Waals surface area contributed by atoms with Crippen LogP contribution in [0.3, 0.4) is 0 Å². The van der Waals surface area contributed by atoms with Crippen molar-refractivity contribution in [2.75, 3.05) is 24.3 Å². The lowest BCUT2D eigenvalue weighted by molar-refractivity contribution is -0.139. The Morgan fingerprint density at radius 2 is 2.20 bits per heavy atom. The summed E-state index contributed by atoms with van der Waals surface area (Å²) < 4.78 is 0. The van der Waals surface area contributed by atoms with Gasteiger partial charge >= 0.3 is 5.97 Å². The van der Waals surface area contributed by atoms with Crippen LogP contribution < -0.4 is 10.2 Å². The number of aliphatic carboxylic acids is 1. The minimum absolute atomic E-state index is 0.141. The molecular formula is C16H20N2O2. The molecule has 2 aliphatic rings. The van der Waals surface area contributed by atoms with Gasteiger partial charge in [0, 0.05) is 37.3 Å². The molecule has 0 amide bonds. The van der Waals surface area contributed by atoms with Gasteiger partial charge in [-0.25, -0.2) is 4.79 Å². The Labute approximate surface area is 119 Å². The normalized spacial score (nSPS) is 27.2. The zero-order valence-electron chi connectivity index (χ0n) is 11.8. The van der Waals surface area contributed by atoms with Crippen LogP contribution in [0.4, 0.5) is 11.4 Å². The van der Waals surface area contributed by atoms with Gasteiger partial charge in [0.15, 0.2) is 0 Å². The van der Waals surface area contributed by atoms with Crippen molar-refractivity contribution in [1.82, 2.24) is 0 Å². The van der Waals surface area contributed by atoms with Crippen LogP contribution in [-0.2, 0) is 4.79 Å². The number of nitrogens with zero attached hydrogens (tertiary/aromatic N) is 1. The first kappa shape index (κ1) is 13.0. The summed E-state index contributed by atoms with van der Waals surface area (Å²) >= 11 is 0. The second-order valence-corrected chi connectivity index (χ2v) is 5.82. The van der Waals surface area contributed by atoms with Crippen molar-refractivity contribution in [3.8, 4) is 0 Å². The van der Waals surface area contributed by atoms with Gasteiger partial charge in [0.1, 0.15) is 6.04 Å². The molecule has 3 rings (SSSR count). The molecule has 4 nitrogen and oxygen atoms in total. The van der Waals surface area contributed by atoms with E-state index in [2.05, 4.69) is 28.4 Å². The monoisotopic (exact) mass is 272 g/mol. The Hall–Kier alpha value is -1.97. The lowest BCUT2D eigenvalue weighted by Crippen LogP contribution is -2.43. The number of hydrogen-bond acceptors (Lipinski definition) is 3. The number of rotatable bonds is 2. The number of carboxylic acid groups (broad SMARTS) is 1. The highest BCUT2D eigenvalue weighted by atomic mass is 16.4. The minimum Gasteiger partial charge on any atom is -0.480 e. The first-order valence-corrected chi connectivity index (χ1v) is 7.05. The molecule has 1 aromatic carbocycles. The molecule has 1 aliphatic heterocycles. The van der Waals surface area contributed by atoms with Crippen LogP contribution in [0.5, 0.6) is 0 Å². The molecule has 0 fully saturated rings. The topological polar surface area (TPSA) is 52.6 Å². The third-order valence-corrected chi connectivity index (χ3v) is 4.39. The molecule has 4 heteroatoms. The van der Waals surface area contributed by atoms with E-state index in [9.17, 15) is 9.90 Å². The number of nitrogens with one attached hydrogen (secondary N) is 1. The molecule has 1 aliphatic carbocycles. The SMILES string of the molecule is CN(C)c1ccc2c(c1)C1C=CCCC1C(C(=O)O)N2. The lowest BCUT2D eigenvalue weighted by atomic mass is 9.72. The fraction of sp³-hybridized carbons (Fsp3) is 0.438. The van der Waals surface area contributed by atoms with Crippen molar-refractivity contribution in [3.63, 3.8) is 0 Å². The molecule has 0 radical (unpaired) electrons. The van der Waals surface area contributed by atoms with Crippen LogP contribution in [0, 0.1) is 5.92 Å². The Bertz CT molecular complexity index is 566. The van der Waals surface area contributed by atoms with Crippen molar-refractivity contribution in [3.05, 3.63) is 35.9 Å². The third kappa shape index (κ3) is 2.05. The van der Waals surface area contributed by atoms with Crippen molar-refractivity contribution in [2.24, 2.45) is 5.92 Å². The Balaban J connectivity index is 2.07. The fourth-order valence-corrected chi connectivity index (χ4v) is 3.32. The maximum atomic E-state index is 11.5. The summed E-state index contributed by atoms with van der Waals surface area (Å²) in [7, 11) is 4.04. The van der Waals surface area contributed by atoms with Crippen molar-refractivity contribution in [1.29, 1.82) is 0 Å². The van der Waals surface area contributed by atoms with Crippen LogP contribution in [0.1, 0.15) is 24.3 Å². The molecule has 1 aromatic rings. The Kier molecular flexibility index (Phi) is 3.16. The zero-order chi connectivity index (χ0) is 14.3. The number of anilines is 2. The summed E-state index contributed by atoms with van der Waals surface area (Å²) in [6.45, 7) is 0. The van der Waals surface area contributed by atoms with Gasteiger partial charge in [-0.15, -0.1) is 0 Å². The van der Waals surface area contributed by atoms with E-state index in [1.807, 2.05) is 26.2 Å². The highest BCUT2D eigenvalue weighted by Gasteiger charge is 2.39. The molecule has 3 unspecified atom stereocenters. The predicted molar refractivity (Wildman–Crippen MR) is 80.4 cm³/mol. The third-order valence-electron chi connectivity index (χ3n) is 4.39. The summed E-state index contributed by atoms with van der Waals surface area (Å²) in [5, 5.41) is 12.7. The number of hydrogen-bond donors (Lipinski definition) is 2. The number of carbonyl (C=O) groups is 1. The average molecular weight is 272 g/mol. The molecule has 0 saturated heterocycles. The molecule has 0 aromatic heterocycles. The summed E-state index contributed by atoms with van der Waals surface area (Å²) in [6, 6.07) is 5.72. The van der Waals surface area contributed by atoms with E-state index in [-0.39, 0.29) is 11.8 Å². The fourth-order valence-electron chi connectivity index (χ4n) is 3.32. The molecule has 0 saturated carbocycles. The number of benzene rings is 1. The smallest absolute Gasteiger partial charge is 0.326 e. The maximum Gasteiger partial charge on any atom is 0.326 e. The highest BCUT2D eigenvalue weighted by Crippen LogP contribution is 2.44. The maximum absolute atomic E-state index is 11.5. The molecule has 2 N–H and O–H groups in total. The van der Waals surface area contributed by atoms with E-state index in [4.69, 9.17) is 0 Å². The average Bonchev–Trinajstić information content (AvgIpc) is 2.45. The van der Waals surface area contributed by atoms with Gasteiger partial charge in [0.25, 0.3) is 0 Å².